The molecular formula is C15H12ClFO2S. The lowest BCUT2D eigenvalue weighted by Gasteiger charge is -2.07. The summed E-state index contributed by atoms with van der Waals surface area (Å²) in [6.45, 7) is 0. The molecule has 20 heavy (non-hydrogen) atoms. The average Bonchev–Trinajstić information content (AvgIpc) is 2.45. The van der Waals surface area contributed by atoms with Crippen LogP contribution in [0.25, 0.3) is 0 Å². The van der Waals surface area contributed by atoms with Crippen LogP contribution < -0.4 is 4.74 Å². The van der Waals surface area contributed by atoms with E-state index in [0.29, 0.717) is 10.8 Å². The summed E-state index contributed by atoms with van der Waals surface area (Å²) in [5, 5.41) is 0.616. The molecule has 0 aliphatic carbocycles. The number of thioether (sulfide) groups is 1. The van der Waals surface area contributed by atoms with Crippen molar-refractivity contribution < 1.29 is 13.9 Å². The van der Waals surface area contributed by atoms with Crippen LogP contribution in [0.1, 0.15) is 10.4 Å². The van der Waals surface area contributed by atoms with Gasteiger partial charge in [-0.25, -0.2) is 4.39 Å². The van der Waals surface area contributed by atoms with Gasteiger partial charge in [0.05, 0.1) is 18.4 Å². The Morgan fingerprint density at radius 1 is 1.30 bits per heavy atom. The summed E-state index contributed by atoms with van der Waals surface area (Å²) in [6, 6.07) is 11.1. The fraction of sp³-hybridized carbons (Fsp3) is 0.133. The second-order valence-corrected chi connectivity index (χ2v) is 5.50. The van der Waals surface area contributed by atoms with Crippen molar-refractivity contribution in [2.24, 2.45) is 0 Å². The molecule has 0 saturated heterocycles. The Labute approximate surface area is 125 Å². The predicted octanol–water partition coefficient (Wildman–Crippen LogP) is 4.46. The lowest BCUT2D eigenvalue weighted by molar-refractivity contribution is 0.101. The van der Waals surface area contributed by atoms with E-state index in [0.717, 1.165) is 4.90 Å². The Morgan fingerprint density at radius 3 is 2.80 bits per heavy atom. The maximum Gasteiger partial charge on any atom is 0.176 e. The summed E-state index contributed by atoms with van der Waals surface area (Å²) < 4.78 is 18.3. The van der Waals surface area contributed by atoms with E-state index in [-0.39, 0.29) is 17.1 Å². The molecule has 2 nitrogen and oxygen atoms in total. The molecule has 0 aliphatic rings. The number of benzene rings is 2. The first-order valence-corrected chi connectivity index (χ1v) is 7.21. The summed E-state index contributed by atoms with van der Waals surface area (Å²) in [6.07, 6.45) is 0. The van der Waals surface area contributed by atoms with Gasteiger partial charge in [0.15, 0.2) is 5.78 Å². The molecule has 104 valence electrons. The van der Waals surface area contributed by atoms with Crippen molar-refractivity contribution in [3.05, 3.63) is 58.9 Å². The molecule has 2 aromatic carbocycles. The molecular weight excluding hydrogens is 299 g/mol. The highest BCUT2D eigenvalue weighted by molar-refractivity contribution is 8.00. The number of ketones is 1. The van der Waals surface area contributed by atoms with Crippen molar-refractivity contribution in [2.45, 2.75) is 4.90 Å². The minimum atomic E-state index is -0.457. The van der Waals surface area contributed by atoms with Gasteiger partial charge in [-0.1, -0.05) is 17.7 Å². The molecule has 2 rings (SSSR count). The van der Waals surface area contributed by atoms with Gasteiger partial charge >= 0.3 is 0 Å². The zero-order valence-electron chi connectivity index (χ0n) is 10.7. The maximum atomic E-state index is 13.2. The number of hydrogen-bond donors (Lipinski definition) is 0. The molecule has 0 spiro atoms. The van der Waals surface area contributed by atoms with Crippen LogP contribution in [0.5, 0.6) is 5.75 Å². The lowest BCUT2D eigenvalue weighted by atomic mass is 10.1. The molecule has 0 bridgehead atoms. The van der Waals surface area contributed by atoms with Crippen molar-refractivity contribution in [3.63, 3.8) is 0 Å². The van der Waals surface area contributed by atoms with Crippen LogP contribution in [0.2, 0.25) is 5.02 Å². The first-order chi connectivity index (χ1) is 9.60. The highest BCUT2D eigenvalue weighted by atomic mass is 35.5. The van der Waals surface area contributed by atoms with Crippen LogP contribution >= 0.6 is 23.4 Å². The van der Waals surface area contributed by atoms with Gasteiger partial charge in [0.2, 0.25) is 0 Å². The Morgan fingerprint density at radius 2 is 2.10 bits per heavy atom. The molecule has 0 saturated carbocycles. The number of hydrogen-bond acceptors (Lipinski definition) is 3. The van der Waals surface area contributed by atoms with Crippen LogP contribution in [0.3, 0.4) is 0 Å². The van der Waals surface area contributed by atoms with E-state index in [1.54, 1.807) is 12.1 Å². The third-order valence-corrected chi connectivity index (χ3v) is 3.86. The topological polar surface area (TPSA) is 26.3 Å². The highest BCUT2D eigenvalue weighted by Gasteiger charge is 2.13. The van der Waals surface area contributed by atoms with Crippen molar-refractivity contribution in [1.29, 1.82) is 0 Å². The molecule has 0 atom stereocenters. The Hall–Kier alpha value is -1.52. The van der Waals surface area contributed by atoms with Gasteiger partial charge in [-0.15, -0.1) is 11.8 Å². The molecule has 0 unspecified atom stereocenters. The Kier molecular flexibility index (Phi) is 5.04. The Balaban J connectivity index is 2.10. The monoisotopic (exact) mass is 310 g/mol. The molecule has 0 heterocycles. The summed E-state index contributed by atoms with van der Waals surface area (Å²) in [4.78, 5) is 13.0. The van der Waals surface area contributed by atoms with E-state index in [2.05, 4.69) is 0 Å². The Bertz CT molecular complexity index is 631. The van der Waals surface area contributed by atoms with Crippen molar-refractivity contribution >= 4 is 29.1 Å². The second kappa shape index (κ2) is 6.77. The molecule has 0 radical (unpaired) electrons. The zero-order chi connectivity index (χ0) is 14.5. The number of methoxy groups -OCH3 is 1. The van der Waals surface area contributed by atoms with Gasteiger partial charge < -0.3 is 4.74 Å². The van der Waals surface area contributed by atoms with Crippen LogP contribution in [-0.2, 0) is 0 Å². The van der Waals surface area contributed by atoms with E-state index < -0.39 is 5.82 Å². The number of Topliss-reactive ketones (excluding diaryl/α,β-unsaturated/α-hetero) is 1. The molecule has 5 heteroatoms. The number of halogens is 2. The van der Waals surface area contributed by atoms with Gasteiger partial charge in [0.25, 0.3) is 0 Å². The largest absolute Gasteiger partial charge is 0.496 e. The average molecular weight is 311 g/mol. The standard InChI is InChI=1S/C15H12ClFO2S/c1-19-15-6-5-11(17)8-13(15)14(18)9-20-12-4-2-3-10(16)7-12/h2-8H,9H2,1H3. The molecule has 0 aromatic heterocycles. The van der Waals surface area contributed by atoms with Crippen LogP contribution in [-0.4, -0.2) is 18.6 Å². The molecule has 0 aliphatic heterocycles. The summed E-state index contributed by atoms with van der Waals surface area (Å²) in [5.74, 6) is -0.0727. The predicted molar refractivity (Wildman–Crippen MR) is 79.5 cm³/mol. The highest BCUT2D eigenvalue weighted by Crippen LogP contribution is 2.25. The smallest absolute Gasteiger partial charge is 0.176 e. The number of rotatable bonds is 5. The van der Waals surface area contributed by atoms with Crippen molar-refractivity contribution in [1.82, 2.24) is 0 Å². The van der Waals surface area contributed by atoms with Gasteiger partial charge in [0, 0.05) is 9.92 Å². The molecule has 0 amide bonds. The van der Waals surface area contributed by atoms with Gasteiger partial charge in [-0.3, -0.25) is 4.79 Å². The fourth-order valence-corrected chi connectivity index (χ4v) is 2.77. The summed E-state index contributed by atoms with van der Waals surface area (Å²) >= 11 is 7.23. The second-order valence-electron chi connectivity index (χ2n) is 4.01. The molecule has 2 aromatic rings. The summed E-state index contributed by atoms with van der Waals surface area (Å²) in [5.41, 5.74) is 0.252. The number of carbonyl (C=O) groups is 1. The van der Waals surface area contributed by atoms with Crippen LogP contribution in [0.15, 0.2) is 47.4 Å². The van der Waals surface area contributed by atoms with Crippen LogP contribution in [0, 0.1) is 5.82 Å². The normalized spacial score (nSPS) is 10.3. The first kappa shape index (κ1) is 14.9. The minimum absolute atomic E-state index is 0.189. The number of carbonyl (C=O) groups excluding carboxylic acids is 1. The van der Waals surface area contributed by atoms with E-state index in [1.165, 1.54) is 37.1 Å². The quantitative estimate of drug-likeness (QED) is 0.602. The number of ether oxygens (including phenoxy) is 1. The molecule has 0 N–H and O–H groups in total. The minimum Gasteiger partial charge on any atom is -0.496 e. The van der Waals surface area contributed by atoms with Gasteiger partial charge in [0.1, 0.15) is 11.6 Å². The van der Waals surface area contributed by atoms with E-state index >= 15 is 0 Å². The van der Waals surface area contributed by atoms with Gasteiger partial charge in [-0.05, 0) is 36.4 Å². The maximum absolute atomic E-state index is 13.2. The lowest BCUT2D eigenvalue weighted by Crippen LogP contribution is -2.05. The zero-order valence-corrected chi connectivity index (χ0v) is 12.3. The fourth-order valence-electron chi connectivity index (χ4n) is 1.68. The van der Waals surface area contributed by atoms with Crippen molar-refractivity contribution in [3.8, 4) is 5.75 Å². The van der Waals surface area contributed by atoms with E-state index in [1.807, 2.05) is 12.1 Å². The summed E-state index contributed by atoms with van der Waals surface area (Å²) in [7, 11) is 1.45. The van der Waals surface area contributed by atoms with E-state index in [4.69, 9.17) is 16.3 Å². The third kappa shape index (κ3) is 3.74. The van der Waals surface area contributed by atoms with Crippen molar-refractivity contribution in [2.75, 3.05) is 12.9 Å². The third-order valence-electron chi connectivity index (χ3n) is 2.63. The van der Waals surface area contributed by atoms with Gasteiger partial charge in [-0.2, -0.15) is 0 Å². The first-order valence-electron chi connectivity index (χ1n) is 5.85. The van der Waals surface area contributed by atoms with Crippen LogP contribution in [0.4, 0.5) is 4.39 Å². The molecule has 0 fully saturated rings. The van der Waals surface area contributed by atoms with E-state index in [9.17, 15) is 9.18 Å². The SMILES string of the molecule is COc1ccc(F)cc1C(=O)CSc1cccc(Cl)c1.